The van der Waals surface area contributed by atoms with E-state index in [-0.39, 0.29) is 0 Å². The van der Waals surface area contributed by atoms with Crippen molar-refractivity contribution in [1.29, 1.82) is 0 Å². The molecule has 2 fully saturated rings. The molecule has 3 rings (SSSR count). The minimum absolute atomic E-state index is 0.877. The topological polar surface area (TPSA) is 24.3 Å². The molecule has 0 atom stereocenters. The lowest BCUT2D eigenvalue weighted by Crippen LogP contribution is -2.51. The van der Waals surface area contributed by atoms with E-state index >= 15 is 0 Å². The monoisotopic (exact) mass is 308 g/mol. The van der Waals surface area contributed by atoms with Gasteiger partial charge in [0.05, 0.1) is 0 Å². The van der Waals surface area contributed by atoms with Crippen molar-refractivity contribution in [2.45, 2.75) is 38.8 Å². The smallest absolute Gasteiger partial charge is 0.105 e. The lowest BCUT2D eigenvalue weighted by atomic mass is 10.1. The Morgan fingerprint density at radius 1 is 1.14 bits per heavy atom. The van der Waals surface area contributed by atoms with Crippen LogP contribution in [-0.2, 0) is 6.54 Å². The van der Waals surface area contributed by atoms with E-state index in [0.29, 0.717) is 0 Å². The van der Waals surface area contributed by atoms with Crippen LogP contribution in [0.15, 0.2) is 12.4 Å². The van der Waals surface area contributed by atoms with Crippen molar-refractivity contribution in [2.24, 2.45) is 0 Å². The van der Waals surface area contributed by atoms with Gasteiger partial charge in [0, 0.05) is 51.2 Å². The number of hydrogen-bond donors (Lipinski definition) is 0. The zero-order valence-electron chi connectivity index (χ0n) is 13.2. The highest BCUT2D eigenvalue weighted by Crippen LogP contribution is 2.22. The van der Waals surface area contributed by atoms with E-state index in [2.05, 4.69) is 44.2 Å². The first-order valence-corrected chi connectivity index (χ1v) is 9.50. The molecular formula is C16H28N4S. The number of rotatable bonds is 5. The van der Waals surface area contributed by atoms with E-state index in [4.69, 9.17) is 0 Å². The van der Waals surface area contributed by atoms with Gasteiger partial charge in [0.25, 0.3) is 0 Å². The molecule has 3 heterocycles. The van der Waals surface area contributed by atoms with Crippen molar-refractivity contribution in [3.05, 3.63) is 18.2 Å². The molecule has 4 nitrogen and oxygen atoms in total. The van der Waals surface area contributed by atoms with Gasteiger partial charge in [-0.3, -0.25) is 4.90 Å². The Kier molecular flexibility index (Phi) is 5.61. The SMILES string of the molecule is Cc1nccn1CCCN1CCN(C2CCSCC2)CC1. The van der Waals surface area contributed by atoms with E-state index < -0.39 is 0 Å². The molecule has 118 valence electrons. The van der Waals surface area contributed by atoms with E-state index in [1.807, 2.05) is 6.20 Å². The van der Waals surface area contributed by atoms with Crippen LogP contribution >= 0.6 is 11.8 Å². The number of piperazine rings is 1. The Morgan fingerprint density at radius 2 is 1.90 bits per heavy atom. The summed E-state index contributed by atoms with van der Waals surface area (Å²) in [5.74, 6) is 3.87. The molecule has 1 aromatic rings. The standard InChI is InChI=1S/C16H28N4S/c1-15-17-5-8-19(15)7-2-6-18-9-11-20(12-10-18)16-3-13-21-14-4-16/h5,8,16H,2-4,6-7,9-14H2,1H3. The third-order valence-electron chi connectivity index (χ3n) is 4.91. The second-order valence-corrected chi connectivity index (χ2v) is 7.47. The van der Waals surface area contributed by atoms with Crippen molar-refractivity contribution in [1.82, 2.24) is 19.4 Å². The van der Waals surface area contributed by atoms with Gasteiger partial charge in [-0.2, -0.15) is 11.8 Å². The van der Waals surface area contributed by atoms with Crippen LogP contribution in [0, 0.1) is 6.92 Å². The maximum Gasteiger partial charge on any atom is 0.105 e. The number of thioether (sulfide) groups is 1. The van der Waals surface area contributed by atoms with Crippen LogP contribution in [0.1, 0.15) is 25.1 Å². The minimum Gasteiger partial charge on any atom is -0.335 e. The summed E-state index contributed by atoms with van der Waals surface area (Å²) in [6.45, 7) is 9.48. The zero-order chi connectivity index (χ0) is 14.5. The quantitative estimate of drug-likeness (QED) is 0.831. The van der Waals surface area contributed by atoms with Gasteiger partial charge in [-0.1, -0.05) is 0 Å². The Morgan fingerprint density at radius 3 is 2.57 bits per heavy atom. The molecule has 0 bridgehead atoms. The predicted octanol–water partition coefficient (Wildman–Crippen LogP) is 2.09. The normalized spacial score (nSPS) is 22.7. The van der Waals surface area contributed by atoms with Crippen LogP contribution in [0.25, 0.3) is 0 Å². The Hall–Kier alpha value is -0.520. The molecule has 0 aromatic carbocycles. The molecule has 0 amide bonds. The van der Waals surface area contributed by atoms with Crippen LogP contribution in [0.5, 0.6) is 0 Å². The van der Waals surface area contributed by atoms with E-state index in [1.165, 1.54) is 63.5 Å². The lowest BCUT2D eigenvalue weighted by Gasteiger charge is -2.40. The van der Waals surface area contributed by atoms with Crippen molar-refractivity contribution >= 4 is 11.8 Å². The molecule has 0 saturated carbocycles. The summed E-state index contributed by atoms with van der Waals surface area (Å²) in [7, 11) is 0. The van der Waals surface area contributed by atoms with Gasteiger partial charge in [0.1, 0.15) is 5.82 Å². The molecule has 0 radical (unpaired) electrons. The molecule has 2 aliphatic rings. The number of aromatic nitrogens is 2. The van der Waals surface area contributed by atoms with E-state index in [1.54, 1.807) is 0 Å². The molecular weight excluding hydrogens is 280 g/mol. The lowest BCUT2D eigenvalue weighted by molar-refractivity contribution is 0.0906. The molecule has 0 aliphatic carbocycles. The molecule has 2 aliphatic heterocycles. The Labute approximate surface area is 132 Å². The highest BCUT2D eigenvalue weighted by molar-refractivity contribution is 7.99. The third kappa shape index (κ3) is 4.24. The van der Waals surface area contributed by atoms with Crippen LogP contribution in [0.3, 0.4) is 0 Å². The fourth-order valence-electron chi connectivity index (χ4n) is 3.51. The summed E-state index contributed by atoms with van der Waals surface area (Å²) < 4.78 is 2.26. The molecule has 1 aromatic heterocycles. The van der Waals surface area contributed by atoms with E-state index in [0.717, 1.165) is 18.4 Å². The highest BCUT2D eigenvalue weighted by Gasteiger charge is 2.24. The molecule has 0 N–H and O–H groups in total. The first-order chi connectivity index (χ1) is 10.3. The maximum absolute atomic E-state index is 4.28. The summed E-state index contributed by atoms with van der Waals surface area (Å²) in [6.07, 6.45) is 8.04. The molecule has 21 heavy (non-hydrogen) atoms. The Bertz CT molecular complexity index is 420. The number of aryl methyl sites for hydroxylation is 2. The first kappa shape index (κ1) is 15.4. The van der Waals surface area contributed by atoms with Gasteiger partial charge in [0.15, 0.2) is 0 Å². The highest BCUT2D eigenvalue weighted by atomic mass is 32.2. The van der Waals surface area contributed by atoms with Gasteiger partial charge in [0.2, 0.25) is 0 Å². The van der Waals surface area contributed by atoms with E-state index in [9.17, 15) is 0 Å². The number of imidazole rings is 1. The summed E-state index contributed by atoms with van der Waals surface area (Å²) in [5, 5.41) is 0. The third-order valence-corrected chi connectivity index (χ3v) is 5.96. The van der Waals surface area contributed by atoms with Gasteiger partial charge < -0.3 is 9.47 Å². The summed E-state index contributed by atoms with van der Waals surface area (Å²) in [6, 6.07) is 0.877. The van der Waals surface area contributed by atoms with Crippen molar-refractivity contribution in [3.8, 4) is 0 Å². The molecule has 5 heteroatoms. The average Bonchev–Trinajstić information content (AvgIpc) is 2.94. The van der Waals surface area contributed by atoms with Crippen molar-refractivity contribution in [3.63, 3.8) is 0 Å². The minimum atomic E-state index is 0.877. The van der Waals surface area contributed by atoms with Crippen molar-refractivity contribution < 1.29 is 0 Å². The molecule has 0 unspecified atom stereocenters. The first-order valence-electron chi connectivity index (χ1n) is 8.35. The second-order valence-electron chi connectivity index (χ2n) is 6.24. The van der Waals surface area contributed by atoms with Crippen LogP contribution in [0.2, 0.25) is 0 Å². The number of hydrogen-bond acceptors (Lipinski definition) is 4. The van der Waals surface area contributed by atoms with Crippen molar-refractivity contribution in [2.75, 3.05) is 44.2 Å². The zero-order valence-corrected chi connectivity index (χ0v) is 14.0. The summed E-state index contributed by atoms with van der Waals surface area (Å²) >= 11 is 2.13. The van der Waals surface area contributed by atoms with Crippen LogP contribution in [0.4, 0.5) is 0 Å². The van der Waals surface area contributed by atoms with Crippen LogP contribution in [-0.4, -0.2) is 69.6 Å². The second kappa shape index (κ2) is 7.65. The molecule has 2 saturated heterocycles. The summed E-state index contributed by atoms with van der Waals surface area (Å²) in [5.41, 5.74) is 0. The van der Waals surface area contributed by atoms with Gasteiger partial charge in [-0.25, -0.2) is 4.98 Å². The summed E-state index contributed by atoms with van der Waals surface area (Å²) in [4.78, 5) is 9.67. The van der Waals surface area contributed by atoms with Gasteiger partial charge in [-0.05, 0) is 44.2 Å². The Balaban J connectivity index is 1.35. The largest absolute Gasteiger partial charge is 0.335 e. The number of nitrogens with zero attached hydrogens (tertiary/aromatic N) is 4. The van der Waals surface area contributed by atoms with Gasteiger partial charge >= 0.3 is 0 Å². The average molecular weight is 308 g/mol. The molecule has 0 spiro atoms. The fraction of sp³-hybridized carbons (Fsp3) is 0.812. The van der Waals surface area contributed by atoms with Gasteiger partial charge in [-0.15, -0.1) is 0 Å². The fourth-order valence-corrected chi connectivity index (χ4v) is 4.59. The van der Waals surface area contributed by atoms with Crippen LogP contribution < -0.4 is 0 Å². The predicted molar refractivity (Wildman–Crippen MR) is 89.9 cm³/mol. The maximum atomic E-state index is 4.28.